The van der Waals surface area contributed by atoms with E-state index < -0.39 is 5.82 Å². The lowest BCUT2D eigenvalue weighted by Crippen LogP contribution is -2.56. The minimum atomic E-state index is -0.483. The molecule has 2 heterocycles. The molecule has 2 N–H and O–H groups in total. The average molecular weight is 426 g/mol. The first-order valence-corrected chi connectivity index (χ1v) is 10.0. The third-order valence-electron chi connectivity index (χ3n) is 5.38. The Bertz CT molecular complexity index is 1090. The lowest BCUT2D eigenvalue weighted by atomic mass is 9.97. The van der Waals surface area contributed by atoms with Gasteiger partial charge in [-0.3, -0.25) is 4.79 Å². The van der Waals surface area contributed by atoms with E-state index >= 15 is 4.39 Å². The van der Waals surface area contributed by atoms with Crippen molar-refractivity contribution in [2.75, 3.05) is 18.5 Å². The third-order valence-corrected chi connectivity index (χ3v) is 5.62. The Morgan fingerprint density at radius 1 is 1.30 bits per heavy atom. The fourth-order valence-electron chi connectivity index (χ4n) is 3.68. The second-order valence-corrected chi connectivity index (χ2v) is 7.69. The van der Waals surface area contributed by atoms with Gasteiger partial charge in [-0.25, -0.2) is 9.37 Å². The SMILES string of the molecule is CNC(=O)C1CCN1c1ccc(Cc2ccc(O)c(-c3cccc(Cl)c3)c2F)cn1. The van der Waals surface area contributed by atoms with E-state index in [0.717, 1.165) is 24.3 Å². The number of carbonyl (C=O) groups excluding carboxylic acids is 1. The smallest absolute Gasteiger partial charge is 0.242 e. The highest BCUT2D eigenvalue weighted by atomic mass is 35.5. The number of amides is 1. The molecule has 1 atom stereocenters. The first-order valence-electron chi connectivity index (χ1n) is 9.67. The van der Waals surface area contributed by atoms with Crippen LogP contribution in [-0.4, -0.2) is 35.6 Å². The first kappa shape index (κ1) is 20.2. The molecule has 1 amide bonds. The van der Waals surface area contributed by atoms with Gasteiger partial charge in [0.2, 0.25) is 5.91 Å². The molecule has 1 fully saturated rings. The van der Waals surface area contributed by atoms with Crippen molar-refractivity contribution in [3.63, 3.8) is 0 Å². The summed E-state index contributed by atoms with van der Waals surface area (Å²) in [6, 6.07) is 13.3. The molecule has 0 bridgehead atoms. The molecule has 0 radical (unpaired) electrons. The molecule has 3 aromatic rings. The van der Waals surface area contributed by atoms with Crippen molar-refractivity contribution >= 4 is 23.3 Å². The highest BCUT2D eigenvalue weighted by Gasteiger charge is 2.34. The van der Waals surface area contributed by atoms with Crippen molar-refractivity contribution in [2.45, 2.75) is 18.9 Å². The predicted octanol–water partition coefficient (Wildman–Crippen LogP) is 4.16. The van der Waals surface area contributed by atoms with Crippen molar-refractivity contribution in [1.29, 1.82) is 0 Å². The number of rotatable bonds is 5. The highest BCUT2D eigenvalue weighted by molar-refractivity contribution is 6.30. The largest absolute Gasteiger partial charge is 0.507 e. The number of benzene rings is 2. The summed E-state index contributed by atoms with van der Waals surface area (Å²) in [5.41, 5.74) is 1.93. The number of hydrogen-bond donors (Lipinski definition) is 2. The van der Waals surface area contributed by atoms with Gasteiger partial charge in [0.25, 0.3) is 0 Å². The van der Waals surface area contributed by atoms with Crippen LogP contribution in [-0.2, 0) is 11.2 Å². The Hall–Kier alpha value is -3.12. The topological polar surface area (TPSA) is 65.5 Å². The fourth-order valence-corrected chi connectivity index (χ4v) is 3.87. The van der Waals surface area contributed by atoms with E-state index in [1.807, 2.05) is 17.0 Å². The number of hydrogen-bond acceptors (Lipinski definition) is 4. The number of aromatic hydroxyl groups is 1. The Morgan fingerprint density at radius 2 is 2.13 bits per heavy atom. The van der Waals surface area contributed by atoms with Gasteiger partial charge in [0.05, 0.1) is 5.56 Å². The zero-order valence-corrected chi connectivity index (χ0v) is 17.2. The summed E-state index contributed by atoms with van der Waals surface area (Å²) in [5.74, 6) is 0.0880. The second kappa shape index (κ2) is 8.32. The molecule has 154 valence electrons. The van der Waals surface area contributed by atoms with Crippen LogP contribution in [0.2, 0.25) is 5.02 Å². The lowest BCUT2D eigenvalue weighted by Gasteiger charge is -2.40. The zero-order chi connectivity index (χ0) is 21.3. The molecule has 0 spiro atoms. The number of phenols is 1. The number of pyridine rings is 1. The van der Waals surface area contributed by atoms with Crippen molar-refractivity contribution < 1.29 is 14.3 Å². The van der Waals surface area contributed by atoms with E-state index in [4.69, 9.17) is 11.6 Å². The summed E-state index contributed by atoms with van der Waals surface area (Å²) in [6.07, 6.45) is 2.82. The van der Waals surface area contributed by atoms with Crippen LogP contribution in [0, 0.1) is 5.82 Å². The number of nitrogens with zero attached hydrogens (tertiary/aromatic N) is 2. The number of carbonyl (C=O) groups is 1. The molecule has 1 aliphatic heterocycles. The molecule has 5 nitrogen and oxygen atoms in total. The summed E-state index contributed by atoms with van der Waals surface area (Å²) in [4.78, 5) is 18.3. The Morgan fingerprint density at radius 3 is 2.77 bits per heavy atom. The van der Waals surface area contributed by atoms with Crippen LogP contribution >= 0.6 is 11.6 Å². The van der Waals surface area contributed by atoms with Crippen LogP contribution in [0.25, 0.3) is 11.1 Å². The van der Waals surface area contributed by atoms with Crippen molar-refractivity contribution in [2.24, 2.45) is 0 Å². The zero-order valence-electron chi connectivity index (χ0n) is 16.4. The molecular weight excluding hydrogens is 405 g/mol. The molecule has 1 aromatic heterocycles. The molecule has 1 unspecified atom stereocenters. The molecule has 0 aliphatic carbocycles. The minimum absolute atomic E-state index is 0.0214. The Labute approximate surface area is 179 Å². The normalized spacial score (nSPS) is 15.6. The van der Waals surface area contributed by atoms with Crippen molar-refractivity contribution in [1.82, 2.24) is 10.3 Å². The summed E-state index contributed by atoms with van der Waals surface area (Å²) >= 11 is 6.02. The summed E-state index contributed by atoms with van der Waals surface area (Å²) < 4.78 is 15.2. The van der Waals surface area contributed by atoms with Gasteiger partial charge in [-0.2, -0.15) is 0 Å². The molecule has 2 aromatic carbocycles. The molecule has 0 saturated carbocycles. The number of anilines is 1. The number of halogens is 2. The van der Waals surface area contributed by atoms with Crippen LogP contribution < -0.4 is 10.2 Å². The summed E-state index contributed by atoms with van der Waals surface area (Å²) in [7, 11) is 1.62. The van der Waals surface area contributed by atoms with E-state index in [0.29, 0.717) is 22.6 Å². The van der Waals surface area contributed by atoms with Gasteiger partial charge in [-0.05, 0) is 47.4 Å². The first-order chi connectivity index (χ1) is 14.5. The maximum Gasteiger partial charge on any atom is 0.242 e. The van der Waals surface area contributed by atoms with E-state index in [2.05, 4.69) is 10.3 Å². The number of nitrogens with one attached hydrogen (secondary N) is 1. The van der Waals surface area contributed by atoms with E-state index in [-0.39, 0.29) is 23.3 Å². The van der Waals surface area contributed by atoms with E-state index in [1.165, 1.54) is 6.07 Å². The minimum Gasteiger partial charge on any atom is -0.507 e. The van der Waals surface area contributed by atoms with Gasteiger partial charge in [-0.15, -0.1) is 0 Å². The molecule has 1 saturated heterocycles. The fraction of sp³-hybridized carbons (Fsp3) is 0.217. The van der Waals surface area contributed by atoms with Crippen molar-refractivity contribution in [3.8, 4) is 16.9 Å². The Balaban J connectivity index is 1.56. The standard InChI is InChI=1S/C23H21ClFN3O2/c1-26-23(30)18-9-10-28(18)20-8-5-14(13-27-20)11-16-6-7-19(29)21(22(16)25)15-3-2-4-17(24)12-15/h2-8,12-13,18,29H,9-11H2,1H3,(H,26,30). The molecule has 7 heteroatoms. The Kier molecular flexibility index (Phi) is 5.59. The monoisotopic (exact) mass is 425 g/mol. The van der Waals surface area contributed by atoms with Crippen molar-refractivity contribution in [3.05, 3.63) is 76.7 Å². The van der Waals surface area contributed by atoms with Crippen LogP contribution in [0.4, 0.5) is 10.2 Å². The highest BCUT2D eigenvalue weighted by Crippen LogP contribution is 2.35. The third kappa shape index (κ3) is 3.83. The van der Waals surface area contributed by atoms with Gasteiger partial charge in [0.1, 0.15) is 23.4 Å². The number of phenolic OH excluding ortho intramolecular Hbond substituents is 1. The van der Waals surface area contributed by atoms with Crippen LogP contribution in [0.3, 0.4) is 0 Å². The van der Waals surface area contributed by atoms with Gasteiger partial charge >= 0.3 is 0 Å². The quantitative estimate of drug-likeness (QED) is 0.644. The maximum atomic E-state index is 15.2. The van der Waals surface area contributed by atoms with E-state index in [9.17, 15) is 9.90 Å². The van der Waals surface area contributed by atoms with Crippen LogP contribution in [0.15, 0.2) is 54.7 Å². The molecule has 1 aliphatic rings. The molecular formula is C23H21ClFN3O2. The van der Waals surface area contributed by atoms with E-state index in [1.54, 1.807) is 43.6 Å². The molecule has 30 heavy (non-hydrogen) atoms. The summed E-state index contributed by atoms with van der Waals surface area (Å²) in [6.45, 7) is 0.778. The maximum absolute atomic E-state index is 15.2. The summed E-state index contributed by atoms with van der Waals surface area (Å²) in [5, 5.41) is 13.3. The number of aromatic nitrogens is 1. The van der Waals surface area contributed by atoms with Gasteiger partial charge in [-0.1, -0.05) is 35.9 Å². The van der Waals surface area contributed by atoms with Crippen LogP contribution in [0.5, 0.6) is 5.75 Å². The second-order valence-electron chi connectivity index (χ2n) is 7.26. The molecule has 4 rings (SSSR count). The van der Waals surface area contributed by atoms with Gasteiger partial charge in [0, 0.05) is 31.2 Å². The van der Waals surface area contributed by atoms with Crippen LogP contribution in [0.1, 0.15) is 17.5 Å². The average Bonchev–Trinajstić information content (AvgIpc) is 2.71. The van der Waals surface area contributed by atoms with Gasteiger partial charge < -0.3 is 15.3 Å². The predicted molar refractivity (Wildman–Crippen MR) is 115 cm³/mol. The lowest BCUT2D eigenvalue weighted by molar-refractivity contribution is -0.123. The number of likely N-dealkylation sites (N-methyl/N-ethyl adjacent to an activating group) is 1. The van der Waals surface area contributed by atoms with Gasteiger partial charge in [0.15, 0.2) is 0 Å².